The number of rotatable bonds is 6. The summed E-state index contributed by atoms with van der Waals surface area (Å²) in [4.78, 5) is 38.2. The lowest BCUT2D eigenvalue weighted by Gasteiger charge is -2.36. The molecule has 0 saturated carbocycles. The number of hydrogen-bond donors (Lipinski definition) is 3. The van der Waals surface area contributed by atoms with Crippen LogP contribution in [0.2, 0.25) is 0 Å². The average molecular weight is 400 g/mol. The normalized spacial score (nSPS) is 23.8. The second-order valence-corrected chi connectivity index (χ2v) is 8.08. The van der Waals surface area contributed by atoms with Crippen molar-refractivity contribution in [2.45, 2.75) is 50.4 Å². The van der Waals surface area contributed by atoms with Gasteiger partial charge in [-0.05, 0) is 49.5 Å². The molecule has 8 nitrogen and oxygen atoms in total. The molecule has 1 atom stereocenters. The monoisotopic (exact) mass is 400 g/mol. The van der Waals surface area contributed by atoms with E-state index in [1.54, 1.807) is 12.0 Å². The first-order valence-corrected chi connectivity index (χ1v) is 10.2. The molecule has 0 spiro atoms. The van der Waals surface area contributed by atoms with Gasteiger partial charge in [-0.3, -0.25) is 19.7 Å². The summed E-state index contributed by atoms with van der Waals surface area (Å²) in [5.41, 5.74) is 2.52. The molecule has 0 radical (unpaired) electrons. The number of ether oxygens (including phenoxy) is 1. The minimum absolute atomic E-state index is 0.136. The SMILES string of the molecule is COC1(CNCc2cccc3c2CN(C2CCC(=O)NC2=O)C3=O)CCNCC1. The van der Waals surface area contributed by atoms with E-state index >= 15 is 0 Å². The number of imide groups is 1. The third-order valence-corrected chi connectivity index (χ3v) is 6.39. The molecular weight excluding hydrogens is 372 g/mol. The van der Waals surface area contributed by atoms with E-state index in [-0.39, 0.29) is 29.7 Å². The van der Waals surface area contributed by atoms with Gasteiger partial charge < -0.3 is 20.3 Å². The summed E-state index contributed by atoms with van der Waals surface area (Å²) in [5.74, 6) is -0.789. The van der Waals surface area contributed by atoms with Gasteiger partial charge in [0.25, 0.3) is 5.91 Å². The van der Waals surface area contributed by atoms with E-state index < -0.39 is 6.04 Å². The number of hydrogen-bond acceptors (Lipinski definition) is 6. The third kappa shape index (κ3) is 3.92. The van der Waals surface area contributed by atoms with E-state index in [0.29, 0.717) is 25.1 Å². The molecule has 3 aliphatic rings. The van der Waals surface area contributed by atoms with Gasteiger partial charge in [0.05, 0.1) is 5.60 Å². The van der Waals surface area contributed by atoms with E-state index in [1.807, 2.05) is 18.2 Å². The van der Waals surface area contributed by atoms with Crippen molar-refractivity contribution in [2.24, 2.45) is 0 Å². The van der Waals surface area contributed by atoms with Gasteiger partial charge in [0, 0.05) is 38.7 Å². The average Bonchev–Trinajstić information content (AvgIpc) is 3.06. The summed E-state index contributed by atoms with van der Waals surface area (Å²) in [7, 11) is 1.77. The summed E-state index contributed by atoms with van der Waals surface area (Å²) in [6, 6.07) is 5.14. The highest BCUT2D eigenvalue weighted by Crippen LogP contribution is 2.30. The summed E-state index contributed by atoms with van der Waals surface area (Å²) >= 11 is 0. The van der Waals surface area contributed by atoms with Gasteiger partial charge in [-0.25, -0.2) is 0 Å². The Labute approximate surface area is 170 Å². The fraction of sp³-hybridized carbons (Fsp3) is 0.571. The zero-order chi connectivity index (χ0) is 20.4. The van der Waals surface area contributed by atoms with Gasteiger partial charge >= 0.3 is 0 Å². The number of piperidine rings is 2. The van der Waals surface area contributed by atoms with Crippen LogP contribution in [0.1, 0.15) is 47.2 Å². The van der Waals surface area contributed by atoms with Crippen LogP contribution in [-0.2, 0) is 27.4 Å². The smallest absolute Gasteiger partial charge is 0.255 e. The van der Waals surface area contributed by atoms with Gasteiger partial charge in [0.15, 0.2) is 0 Å². The molecule has 0 aliphatic carbocycles. The molecule has 3 amide bonds. The van der Waals surface area contributed by atoms with Crippen molar-refractivity contribution in [3.63, 3.8) is 0 Å². The molecular formula is C21H28N4O4. The highest BCUT2D eigenvalue weighted by Gasteiger charge is 2.39. The highest BCUT2D eigenvalue weighted by atomic mass is 16.5. The second kappa shape index (κ2) is 8.22. The van der Waals surface area contributed by atoms with Crippen LogP contribution in [0.4, 0.5) is 0 Å². The number of methoxy groups -OCH3 is 1. The Morgan fingerprint density at radius 3 is 2.76 bits per heavy atom. The Kier molecular flexibility index (Phi) is 5.67. The minimum atomic E-state index is -0.583. The summed E-state index contributed by atoms with van der Waals surface area (Å²) in [5, 5.41) is 9.22. The lowest BCUT2D eigenvalue weighted by atomic mass is 9.92. The zero-order valence-electron chi connectivity index (χ0n) is 16.8. The van der Waals surface area contributed by atoms with Crippen LogP contribution < -0.4 is 16.0 Å². The van der Waals surface area contributed by atoms with Crippen LogP contribution in [-0.4, -0.2) is 61.0 Å². The van der Waals surface area contributed by atoms with Crippen LogP contribution in [0, 0.1) is 0 Å². The number of amides is 3. The van der Waals surface area contributed by atoms with Gasteiger partial charge in [-0.15, -0.1) is 0 Å². The largest absolute Gasteiger partial charge is 0.377 e. The molecule has 2 saturated heterocycles. The van der Waals surface area contributed by atoms with E-state index in [0.717, 1.165) is 43.6 Å². The van der Waals surface area contributed by atoms with Crippen molar-refractivity contribution in [2.75, 3.05) is 26.7 Å². The molecule has 3 N–H and O–H groups in total. The molecule has 0 aromatic heterocycles. The van der Waals surface area contributed by atoms with E-state index in [9.17, 15) is 14.4 Å². The number of nitrogens with one attached hydrogen (secondary N) is 3. The Balaban J connectivity index is 1.44. The first kappa shape index (κ1) is 20.0. The number of benzene rings is 1. The molecule has 3 heterocycles. The Hall–Kier alpha value is -2.29. The number of carbonyl (C=O) groups is 3. The minimum Gasteiger partial charge on any atom is -0.377 e. The molecule has 1 aromatic carbocycles. The predicted molar refractivity (Wildman–Crippen MR) is 106 cm³/mol. The lowest BCUT2D eigenvalue weighted by molar-refractivity contribution is -0.136. The van der Waals surface area contributed by atoms with E-state index in [2.05, 4.69) is 16.0 Å². The molecule has 0 bridgehead atoms. The first-order chi connectivity index (χ1) is 14.0. The lowest BCUT2D eigenvalue weighted by Crippen LogP contribution is -2.52. The molecule has 1 unspecified atom stereocenters. The van der Waals surface area contributed by atoms with Crippen molar-refractivity contribution in [3.05, 3.63) is 34.9 Å². The molecule has 29 heavy (non-hydrogen) atoms. The quantitative estimate of drug-likeness (QED) is 0.594. The second-order valence-electron chi connectivity index (χ2n) is 8.08. The van der Waals surface area contributed by atoms with Crippen molar-refractivity contribution in [3.8, 4) is 0 Å². The number of carbonyl (C=O) groups excluding carboxylic acids is 3. The van der Waals surface area contributed by atoms with Crippen molar-refractivity contribution >= 4 is 17.7 Å². The first-order valence-electron chi connectivity index (χ1n) is 10.2. The molecule has 156 valence electrons. The molecule has 4 rings (SSSR count). The topological polar surface area (TPSA) is 99.8 Å². The van der Waals surface area contributed by atoms with E-state index in [1.165, 1.54) is 0 Å². The molecule has 2 fully saturated rings. The van der Waals surface area contributed by atoms with Gasteiger partial charge in [-0.2, -0.15) is 0 Å². The fourth-order valence-electron chi connectivity index (χ4n) is 4.58. The van der Waals surface area contributed by atoms with Gasteiger partial charge in [0.1, 0.15) is 6.04 Å². The van der Waals surface area contributed by atoms with Crippen molar-refractivity contribution in [1.82, 2.24) is 20.9 Å². The summed E-state index contributed by atoms with van der Waals surface area (Å²) in [6.07, 6.45) is 2.57. The van der Waals surface area contributed by atoms with E-state index in [4.69, 9.17) is 4.74 Å². The zero-order valence-corrected chi connectivity index (χ0v) is 16.8. The standard InChI is InChI=1S/C21H28N4O4/c1-29-21(7-9-22-10-8-21)13-23-11-14-3-2-4-15-16(14)12-25(20(15)28)17-5-6-18(26)24-19(17)27/h2-4,17,22-23H,5-13H2,1H3,(H,24,26,27). The molecule has 8 heteroatoms. The Bertz CT molecular complexity index is 819. The van der Waals surface area contributed by atoms with Crippen LogP contribution in [0.3, 0.4) is 0 Å². The third-order valence-electron chi connectivity index (χ3n) is 6.39. The van der Waals surface area contributed by atoms with Gasteiger partial charge in [0.2, 0.25) is 11.8 Å². The maximum atomic E-state index is 12.9. The van der Waals surface area contributed by atoms with Crippen molar-refractivity contribution < 1.29 is 19.1 Å². The Morgan fingerprint density at radius 1 is 1.24 bits per heavy atom. The number of nitrogens with zero attached hydrogens (tertiary/aromatic N) is 1. The van der Waals surface area contributed by atoms with Crippen molar-refractivity contribution in [1.29, 1.82) is 0 Å². The van der Waals surface area contributed by atoms with Crippen LogP contribution in [0.15, 0.2) is 18.2 Å². The summed E-state index contributed by atoms with van der Waals surface area (Å²) in [6.45, 7) is 3.69. The maximum Gasteiger partial charge on any atom is 0.255 e. The number of fused-ring (bicyclic) bond motifs is 1. The molecule has 1 aromatic rings. The maximum absolute atomic E-state index is 12.9. The summed E-state index contributed by atoms with van der Waals surface area (Å²) < 4.78 is 5.81. The molecule has 3 aliphatic heterocycles. The van der Waals surface area contributed by atoms with Crippen LogP contribution in [0.5, 0.6) is 0 Å². The van der Waals surface area contributed by atoms with Crippen LogP contribution in [0.25, 0.3) is 0 Å². The highest BCUT2D eigenvalue weighted by molar-refractivity contribution is 6.05. The van der Waals surface area contributed by atoms with Crippen LogP contribution >= 0.6 is 0 Å². The Morgan fingerprint density at radius 2 is 2.03 bits per heavy atom. The predicted octanol–water partition coefficient (Wildman–Crippen LogP) is 0.306. The van der Waals surface area contributed by atoms with Gasteiger partial charge in [-0.1, -0.05) is 12.1 Å². The fourth-order valence-corrected chi connectivity index (χ4v) is 4.58.